The molecule has 30 heavy (non-hydrogen) atoms. The van der Waals surface area contributed by atoms with Gasteiger partial charge in [-0.1, -0.05) is 55.8 Å². The third-order valence-corrected chi connectivity index (χ3v) is 4.85. The van der Waals surface area contributed by atoms with Crippen molar-refractivity contribution in [1.29, 1.82) is 0 Å². The second kappa shape index (κ2) is 10.1. The van der Waals surface area contributed by atoms with E-state index in [1.165, 1.54) is 16.8 Å². The molecule has 2 aromatic carbocycles. The number of aromatic nitrogens is 2. The van der Waals surface area contributed by atoms with Gasteiger partial charge in [0.2, 0.25) is 0 Å². The summed E-state index contributed by atoms with van der Waals surface area (Å²) in [5.74, 6) is 0.517. The lowest BCUT2D eigenvalue weighted by Crippen LogP contribution is -2.34. The molecule has 0 saturated heterocycles. The number of hydrogen-bond acceptors (Lipinski definition) is 4. The van der Waals surface area contributed by atoms with Gasteiger partial charge in [0.25, 0.3) is 11.5 Å². The molecule has 0 radical (unpaired) electrons. The molecule has 1 N–H and O–H groups in total. The van der Waals surface area contributed by atoms with Crippen molar-refractivity contribution in [3.63, 3.8) is 0 Å². The van der Waals surface area contributed by atoms with Crippen LogP contribution < -0.4 is 15.6 Å². The average Bonchev–Trinajstić information content (AvgIpc) is 2.74. The monoisotopic (exact) mass is 425 g/mol. The molecule has 0 saturated carbocycles. The highest BCUT2D eigenvalue weighted by Crippen LogP contribution is 2.23. The van der Waals surface area contributed by atoms with E-state index < -0.39 is 0 Å². The summed E-state index contributed by atoms with van der Waals surface area (Å²) in [6.45, 7) is 4.55. The molecule has 1 aromatic heterocycles. The maximum Gasteiger partial charge on any atom is 0.272 e. The van der Waals surface area contributed by atoms with Gasteiger partial charge in [0, 0.05) is 11.1 Å². The molecule has 1 heterocycles. The van der Waals surface area contributed by atoms with E-state index in [2.05, 4.69) is 10.4 Å². The van der Waals surface area contributed by atoms with Crippen LogP contribution in [0.25, 0.3) is 0 Å². The molecule has 0 spiro atoms. The summed E-state index contributed by atoms with van der Waals surface area (Å²) in [4.78, 5) is 24.9. The topological polar surface area (TPSA) is 73.2 Å². The van der Waals surface area contributed by atoms with Crippen LogP contribution in [-0.4, -0.2) is 22.3 Å². The van der Waals surface area contributed by atoms with Gasteiger partial charge in [-0.3, -0.25) is 9.59 Å². The summed E-state index contributed by atoms with van der Waals surface area (Å²) in [6, 6.07) is 19.3. The maximum atomic E-state index is 12.8. The van der Waals surface area contributed by atoms with Crippen molar-refractivity contribution >= 4 is 17.5 Å². The van der Waals surface area contributed by atoms with E-state index in [4.69, 9.17) is 16.3 Å². The molecule has 0 aliphatic rings. The molecule has 3 rings (SSSR count). The van der Waals surface area contributed by atoms with Crippen LogP contribution in [0.3, 0.4) is 0 Å². The molecular weight excluding hydrogens is 402 g/mol. The van der Waals surface area contributed by atoms with Crippen molar-refractivity contribution in [1.82, 2.24) is 15.1 Å². The lowest BCUT2D eigenvalue weighted by atomic mass is 9.96. The first kappa shape index (κ1) is 21.6. The van der Waals surface area contributed by atoms with E-state index in [9.17, 15) is 9.59 Å². The van der Waals surface area contributed by atoms with Crippen LogP contribution in [0.2, 0.25) is 5.02 Å². The van der Waals surface area contributed by atoms with Gasteiger partial charge >= 0.3 is 0 Å². The van der Waals surface area contributed by atoms with Crippen LogP contribution in [0, 0.1) is 5.92 Å². The Morgan fingerprint density at radius 2 is 1.77 bits per heavy atom. The lowest BCUT2D eigenvalue weighted by Gasteiger charge is -2.23. The number of benzene rings is 2. The molecule has 0 aliphatic carbocycles. The number of rotatable bonds is 8. The fraction of sp³-hybridized carbons (Fsp3) is 0.261. The predicted molar refractivity (Wildman–Crippen MR) is 117 cm³/mol. The Morgan fingerprint density at radius 1 is 1.07 bits per heavy atom. The number of carbonyl (C=O) groups excluding carboxylic acids is 1. The number of para-hydroxylation sites is 1. The largest absolute Gasteiger partial charge is 0.492 e. The molecule has 1 unspecified atom stereocenters. The zero-order valence-electron chi connectivity index (χ0n) is 16.9. The Labute approximate surface area is 180 Å². The highest BCUT2D eigenvalue weighted by atomic mass is 35.5. The summed E-state index contributed by atoms with van der Waals surface area (Å²) in [5, 5.41) is 7.86. The van der Waals surface area contributed by atoms with Crippen molar-refractivity contribution in [2.45, 2.75) is 26.4 Å². The molecule has 0 aliphatic heterocycles. The fourth-order valence-electron chi connectivity index (χ4n) is 3.02. The lowest BCUT2D eigenvalue weighted by molar-refractivity contribution is 0.0917. The Bertz CT molecular complexity index is 1030. The van der Waals surface area contributed by atoms with E-state index in [-0.39, 0.29) is 42.3 Å². The second-order valence-electron chi connectivity index (χ2n) is 7.19. The minimum atomic E-state index is -0.346. The highest BCUT2D eigenvalue weighted by molar-refractivity contribution is 6.30. The normalized spacial score (nSPS) is 11.9. The van der Waals surface area contributed by atoms with Crippen molar-refractivity contribution < 1.29 is 9.53 Å². The van der Waals surface area contributed by atoms with Crippen LogP contribution in [0.4, 0.5) is 0 Å². The minimum absolute atomic E-state index is 0.153. The zero-order chi connectivity index (χ0) is 21.5. The first-order chi connectivity index (χ1) is 14.4. The van der Waals surface area contributed by atoms with Gasteiger partial charge in [0.05, 0.1) is 12.6 Å². The van der Waals surface area contributed by atoms with E-state index in [1.807, 2.05) is 56.3 Å². The number of nitrogens with zero attached hydrogens (tertiary/aromatic N) is 2. The number of carbonyl (C=O) groups is 1. The van der Waals surface area contributed by atoms with Crippen LogP contribution in [-0.2, 0) is 6.54 Å². The van der Waals surface area contributed by atoms with Crippen LogP contribution in [0.15, 0.2) is 71.5 Å². The predicted octanol–water partition coefficient (Wildman–Crippen LogP) is 4.10. The molecule has 0 bridgehead atoms. The molecule has 1 atom stereocenters. The number of nitrogens with one attached hydrogen (secondary N) is 1. The molecule has 7 heteroatoms. The number of amides is 1. The van der Waals surface area contributed by atoms with Crippen molar-refractivity contribution in [2.24, 2.45) is 5.92 Å². The maximum absolute atomic E-state index is 12.8. The van der Waals surface area contributed by atoms with Gasteiger partial charge in [-0.2, -0.15) is 5.10 Å². The van der Waals surface area contributed by atoms with E-state index in [1.54, 1.807) is 12.1 Å². The highest BCUT2D eigenvalue weighted by Gasteiger charge is 2.20. The average molecular weight is 426 g/mol. The van der Waals surface area contributed by atoms with Gasteiger partial charge in [-0.15, -0.1) is 0 Å². The Balaban J connectivity index is 1.69. The molecule has 1 amide bonds. The van der Waals surface area contributed by atoms with Gasteiger partial charge in [0.15, 0.2) is 0 Å². The van der Waals surface area contributed by atoms with Crippen molar-refractivity contribution in [3.05, 3.63) is 93.4 Å². The third-order valence-electron chi connectivity index (χ3n) is 4.60. The Kier molecular flexibility index (Phi) is 7.25. The first-order valence-electron chi connectivity index (χ1n) is 9.76. The smallest absolute Gasteiger partial charge is 0.272 e. The van der Waals surface area contributed by atoms with Gasteiger partial charge in [0.1, 0.15) is 18.1 Å². The van der Waals surface area contributed by atoms with Crippen molar-refractivity contribution in [3.8, 4) is 5.75 Å². The van der Waals surface area contributed by atoms with E-state index >= 15 is 0 Å². The standard InChI is InChI=1S/C23H24ClN3O3/c1-16(2)22(17-8-10-18(24)11-9-17)25-23(29)20-12-13-21(28)27(26-20)14-15-30-19-6-4-3-5-7-19/h3-13,16,22H,14-15H2,1-2H3,(H,25,29). The minimum Gasteiger partial charge on any atom is -0.492 e. The summed E-state index contributed by atoms with van der Waals surface area (Å²) in [7, 11) is 0. The van der Waals surface area contributed by atoms with E-state index in [0.29, 0.717) is 10.8 Å². The van der Waals surface area contributed by atoms with Gasteiger partial charge in [-0.05, 0) is 41.8 Å². The number of ether oxygens (including phenoxy) is 1. The first-order valence-corrected chi connectivity index (χ1v) is 10.1. The van der Waals surface area contributed by atoms with Crippen LogP contribution in [0.1, 0.15) is 35.9 Å². The van der Waals surface area contributed by atoms with Crippen LogP contribution >= 0.6 is 11.6 Å². The Hall–Kier alpha value is -3.12. The molecule has 6 nitrogen and oxygen atoms in total. The van der Waals surface area contributed by atoms with Crippen LogP contribution in [0.5, 0.6) is 5.75 Å². The number of halogens is 1. The second-order valence-corrected chi connectivity index (χ2v) is 7.62. The number of hydrogen-bond donors (Lipinski definition) is 1. The fourth-order valence-corrected chi connectivity index (χ4v) is 3.14. The summed E-state index contributed by atoms with van der Waals surface area (Å²) < 4.78 is 6.86. The van der Waals surface area contributed by atoms with Gasteiger partial charge in [-0.25, -0.2) is 4.68 Å². The quantitative estimate of drug-likeness (QED) is 0.589. The Morgan fingerprint density at radius 3 is 2.43 bits per heavy atom. The third kappa shape index (κ3) is 5.70. The molecule has 156 valence electrons. The molecule has 0 fully saturated rings. The van der Waals surface area contributed by atoms with E-state index in [0.717, 1.165) is 5.56 Å². The summed E-state index contributed by atoms with van der Waals surface area (Å²) >= 11 is 5.97. The molecule has 3 aromatic rings. The summed E-state index contributed by atoms with van der Waals surface area (Å²) in [6.07, 6.45) is 0. The van der Waals surface area contributed by atoms with Crippen molar-refractivity contribution in [2.75, 3.05) is 6.61 Å². The van der Waals surface area contributed by atoms with Gasteiger partial charge < -0.3 is 10.1 Å². The molecular formula is C23H24ClN3O3. The zero-order valence-corrected chi connectivity index (χ0v) is 17.7. The SMILES string of the molecule is CC(C)C(NC(=O)c1ccc(=O)n(CCOc2ccccc2)n1)c1ccc(Cl)cc1. The summed E-state index contributed by atoms with van der Waals surface area (Å²) in [5.41, 5.74) is 0.836.